The molecule has 2 unspecified atom stereocenters. The van der Waals surface area contributed by atoms with E-state index in [0.717, 1.165) is 21.4 Å². The van der Waals surface area contributed by atoms with Crippen molar-refractivity contribution in [3.8, 4) is 5.69 Å². The molecule has 2 aliphatic rings. The second-order valence-electron chi connectivity index (χ2n) is 6.96. The van der Waals surface area contributed by atoms with E-state index in [2.05, 4.69) is 35.9 Å². The van der Waals surface area contributed by atoms with Gasteiger partial charge in [0.05, 0.1) is 24.0 Å². The first-order valence-corrected chi connectivity index (χ1v) is 9.69. The van der Waals surface area contributed by atoms with Crippen molar-refractivity contribution in [2.75, 3.05) is 6.54 Å². The normalized spacial score (nSPS) is 23.6. The average molecular weight is 441 g/mol. The van der Waals surface area contributed by atoms with Crippen LogP contribution in [-0.2, 0) is 17.0 Å². The van der Waals surface area contributed by atoms with Crippen molar-refractivity contribution in [1.29, 1.82) is 0 Å². The molecule has 0 aliphatic carbocycles. The fraction of sp³-hybridized carbons (Fsp3) is 0.263. The van der Waals surface area contributed by atoms with Crippen LogP contribution in [0.3, 0.4) is 0 Å². The quantitative estimate of drug-likeness (QED) is 0.653. The van der Waals surface area contributed by atoms with Gasteiger partial charge in [0.2, 0.25) is 5.82 Å². The summed E-state index contributed by atoms with van der Waals surface area (Å²) >= 11 is 3.58. The van der Waals surface area contributed by atoms with E-state index in [-0.39, 0.29) is 11.9 Å². The summed E-state index contributed by atoms with van der Waals surface area (Å²) < 4.78 is 9.15. The number of fused-ring (bicyclic) bond motifs is 5. The van der Waals surface area contributed by atoms with Gasteiger partial charge in [0.15, 0.2) is 5.72 Å². The van der Waals surface area contributed by atoms with Crippen LogP contribution in [0.5, 0.6) is 0 Å². The molecule has 0 saturated carbocycles. The smallest absolute Gasteiger partial charge is 0.288 e. The standard InChI is InChI=1S/C19H17BrN6O2/c1-11-9-25-10-16-23-18(17(21)27)24-26(16)14-6-5-12(20)8-13(14)19(25,28-11)15-4-2-3-7-22-15/h2-8,11H,9-10H2,1H3,(H2,21,27). The predicted octanol–water partition coefficient (Wildman–Crippen LogP) is 1.96. The highest BCUT2D eigenvalue weighted by atomic mass is 79.9. The number of aromatic nitrogens is 4. The molecule has 0 bridgehead atoms. The molecule has 8 nitrogen and oxygen atoms in total. The number of ether oxygens (including phenoxy) is 1. The number of hydrogen-bond donors (Lipinski definition) is 1. The molecule has 142 valence electrons. The molecule has 2 aliphatic heterocycles. The van der Waals surface area contributed by atoms with Gasteiger partial charge in [0.25, 0.3) is 5.91 Å². The summed E-state index contributed by atoms with van der Waals surface area (Å²) in [7, 11) is 0. The number of halogens is 1. The first-order valence-electron chi connectivity index (χ1n) is 8.89. The second kappa shape index (κ2) is 6.20. The van der Waals surface area contributed by atoms with Crippen LogP contribution in [-0.4, -0.2) is 43.2 Å². The van der Waals surface area contributed by atoms with Crippen molar-refractivity contribution in [2.45, 2.75) is 25.3 Å². The Morgan fingerprint density at radius 1 is 1.36 bits per heavy atom. The van der Waals surface area contributed by atoms with E-state index >= 15 is 0 Å². The Kier molecular flexibility index (Phi) is 3.87. The Morgan fingerprint density at radius 3 is 2.96 bits per heavy atom. The minimum absolute atomic E-state index is 0.00219. The van der Waals surface area contributed by atoms with E-state index in [1.54, 1.807) is 10.9 Å². The van der Waals surface area contributed by atoms with Gasteiger partial charge in [0, 0.05) is 22.8 Å². The van der Waals surface area contributed by atoms with Crippen LogP contribution in [0.2, 0.25) is 0 Å². The van der Waals surface area contributed by atoms with Crippen LogP contribution in [0.1, 0.15) is 34.6 Å². The molecule has 9 heteroatoms. The van der Waals surface area contributed by atoms with Crippen LogP contribution >= 0.6 is 15.9 Å². The van der Waals surface area contributed by atoms with Crippen LogP contribution in [0.4, 0.5) is 0 Å². The molecule has 1 amide bonds. The zero-order valence-corrected chi connectivity index (χ0v) is 16.6. The van der Waals surface area contributed by atoms with Gasteiger partial charge < -0.3 is 10.5 Å². The molecule has 2 aromatic heterocycles. The van der Waals surface area contributed by atoms with E-state index in [9.17, 15) is 4.79 Å². The maximum absolute atomic E-state index is 11.7. The highest BCUT2D eigenvalue weighted by Crippen LogP contribution is 2.47. The number of hydrogen-bond acceptors (Lipinski definition) is 6. The topological polar surface area (TPSA) is 99.2 Å². The van der Waals surface area contributed by atoms with E-state index in [0.29, 0.717) is 18.9 Å². The van der Waals surface area contributed by atoms with Crippen LogP contribution < -0.4 is 5.73 Å². The molecule has 2 N–H and O–H groups in total. The summed E-state index contributed by atoms with van der Waals surface area (Å²) in [4.78, 5) is 22.9. The fourth-order valence-electron chi connectivity index (χ4n) is 4.05. The second-order valence-corrected chi connectivity index (χ2v) is 7.87. The van der Waals surface area contributed by atoms with Gasteiger partial charge in [-0.3, -0.25) is 14.7 Å². The molecule has 2 atom stereocenters. The first kappa shape index (κ1) is 17.5. The molecule has 4 heterocycles. The number of amides is 1. The van der Waals surface area contributed by atoms with Gasteiger partial charge >= 0.3 is 0 Å². The van der Waals surface area contributed by atoms with Gasteiger partial charge in [-0.1, -0.05) is 22.0 Å². The molecular weight excluding hydrogens is 424 g/mol. The maximum atomic E-state index is 11.7. The number of carbonyl (C=O) groups is 1. The van der Waals surface area contributed by atoms with Crippen molar-refractivity contribution in [3.05, 3.63) is 70.0 Å². The van der Waals surface area contributed by atoms with E-state index < -0.39 is 11.6 Å². The van der Waals surface area contributed by atoms with E-state index in [4.69, 9.17) is 10.5 Å². The maximum Gasteiger partial charge on any atom is 0.288 e. The fourth-order valence-corrected chi connectivity index (χ4v) is 4.42. The summed E-state index contributed by atoms with van der Waals surface area (Å²) in [5, 5.41) is 4.37. The van der Waals surface area contributed by atoms with Crippen molar-refractivity contribution < 1.29 is 9.53 Å². The highest BCUT2D eigenvalue weighted by Gasteiger charge is 2.53. The molecular formula is C19H17BrN6O2. The lowest BCUT2D eigenvalue weighted by Crippen LogP contribution is -2.43. The molecule has 1 aromatic carbocycles. The predicted molar refractivity (Wildman–Crippen MR) is 104 cm³/mol. The first-order chi connectivity index (χ1) is 13.5. The third-order valence-corrected chi connectivity index (χ3v) is 5.58. The number of rotatable bonds is 2. The molecule has 3 aromatic rings. The molecule has 0 spiro atoms. The lowest BCUT2D eigenvalue weighted by Gasteiger charge is -2.36. The molecule has 0 radical (unpaired) electrons. The van der Waals surface area contributed by atoms with Crippen molar-refractivity contribution in [2.24, 2.45) is 5.73 Å². The minimum atomic E-state index is -0.880. The summed E-state index contributed by atoms with van der Waals surface area (Å²) in [5.74, 6) is -0.0171. The molecule has 1 saturated heterocycles. The summed E-state index contributed by atoms with van der Waals surface area (Å²) in [5.41, 5.74) is 6.99. The van der Waals surface area contributed by atoms with Crippen molar-refractivity contribution >= 4 is 21.8 Å². The number of nitrogens with zero attached hydrogens (tertiary/aromatic N) is 5. The van der Waals surface area contributed by atoms with Gasteiger partial charge in [-0.15, -0.1) is 5.10 Å². The largest absolute Gasteiger partial charge is 0.363 e. The Labute approximate surface area is 169 Å². The Hall–Kier alpha value is -2.62. The molecule has 28 heavy (non-hydrogen) atoms. The lowest BCUT2D eigenvalue weighted by atomic mass is 9.95. The monoisotopic (exact) mass is 440 g/mol. The Bertz CT molecular complexity index is 1090. The number of nitrogens with two attached hydrogens (primary N) is 1. The molecule has 1 fully saturated rings. The van der Waals surface area contributed by atoms with Crippen LogP contribution in [0.25, 0.3) is 5.69 Å². The SMILES string of the molecule is CC1CN2Cc3nc(C(N)=O)nn3-c3ccc(Br)cc3C2(c2ccccn2)O1. The Morgan fingerprint density at radius 2 is 2.21 bits per heavy atom. The Balaban J connectivity index is 1.84. The molecule has 5 rings (SSSR count). The highest BCUT2D eigenvalue weighted by molar-refractivity contribution is 9.10. The third kappa shape index (κ3) is 2.43. The average Bonchev–Trinajstić information content (AvgIpc) is 3.22. The van der Waals surface area contributed by atoms with Crippen molar-refractivity contribution in [1.82, 2.24) is 24.6 Å². The number of pyridine rings is 1. The van der Waals surface area contributed by atoms with Gasteiger partial charge in [0.1, 0.15) is 5.82 Å². The van der Waals surface area contributed by atoms with E-state index in [1.165, 1.54) is 0 Å². The van der Waals surface area contributed by atoms with Gasteiger partial charge in [-0.2, -0.15) is 0 Å². The number of benzene rings is 1. The lowest BCUT2D eigenvalue weighted by molar-refractivity contribution is -0.0790. The van der Waals surface area contributed by atoms with Crippen molar-refractivity contribution in [3.63, 3.8) is 0 Å². The minimum Gasteiger partial charge on any atom is -0.363 e. The summed E-state index contributed by atoms with van der Waals surface area (Å²) in [6.07, 6.45) is 1.75. The third-order valence-electron chi connectivity index (χ3n) is 5.09. The van der Waals surface area contributed by atoms with Gasteiger partial charge in [-0.25, -0.2) is 9.67 Å². The summed E-state index contributed by atoms with van der Waals surface area (Å²) in [6.45, 7) is 3.16. The number of primary amides is 1. The van der Waals surface area contributed by atoms with E-state index in [1.807, 2.05) is 43.3 Å². The van der Waals surface area contributed by atoms with Gasteiger partial charge in [-0.05, 0) is 37.3 Å². The van der Waals surface area contributed by atoms with Crippen LogP contribution in [0, 0.1) is 0 Å². The summed E-state index contributed by atoms with van der Waals surface area (Å²) in [6, 6.07) is 11.7. The van der Waals surface area contributed by atoms with Crippen LogP contribution in [0.15, 0.2) is 47.1 Å². The zero-order chi connectivity index (χ0) is 19.5. The number of carbonyl (C=O) groups excluding carboxylic acids is 1. The zero-order valence-electron chi connectivity index (χ0n) is 15.0.